The van der Waals surface area contributed by atoms with Crippen LogP contribution in [0.4, 0.5) is 5.82 Å². The van der Waals surface area contributed by atoms with Crippen LogP contribution < -0.4 is 10.6 Å². The number of likely N-dealkylation sites (tertiary alicyclic amines) is 1. The molecule has 2 saturated heterocycles. The summed E-state index contributed by atoms with van der Waals surface area (Å²) in [6.45, 7) is 2.87. The molecule has 1 atom stereocenters. The maximum Gasteiger partial charge on any atom is 0.252 e. The molecule has 1 saturated carbocycles. The highest BCUT2D eigenvalue weighted by Crippen LogP contribution is 2.33. The monoisotopic (exact) mass is 357 g/mol. The lowest BCUT2D eigenvalue weighted by molar-refractivity contribution is -0.136. The topological polar surface area (TPSA) is 99.8 Å². The van der Waals surface area contributed by atoms with E-state index < -0.39 is 5.91 Å². The number of anilines is 1. The zero-order chi connectivity index (χ0) is 18.3. The highest BCUT2D eigenvalue weighted by molar-refractivity contribution is 5.97. The molecule has 0 aromatic carbocycles. The summed E-state index contributed by atoms with van der Waals surface area (Å²) in [7, 11) is 0. The Kier molecular flexibility index (Phi) is 4.26. The number of rotatable bonds is 4. The maximum atomic E-state index is 12.8. The van der Waals surface area contributed by atoms with E-state index in [0.29, 0.717) is 56.6 Å². The molecule has 0 radical (unpaired) electrons. The van der Waals surface area contributed by atoms with Gasteiger partial charge in [0.05, 0.1) is 11.5 Å². The number of amides is 3. The molecule has 1 aromatic heterocycles. The average molecular weight is 357 g/mol. The lowest BCUT2D eigenvalue weighted by atomic mass is 10.1. The zero-order valence-corrected chi connectivity index (χ0v) is 14.6. The molecule has 1 aromatic rings. The van der Waals surface area contributed by atoms with Gasteiger partial charge in [0.15, 0.2) is 0 Å². The van der Waals surface area contributed by atoms with Crippen LogP contribution >= 0.6 is 0 Å². The Morgan fingerprint density at radius 1 is 1.15 bits per heavy atom. The molecule has 3 amide bonds. The average Bonchev–Trinajstić information content (AvgIpc) is 3.43. The highest BCUT2D eigenvalue weighted by Gasteiger charge is 2.43. The fraction of sp³-hybridized carbons (Fsp3) is 0.556. The Bertz CT molecular complexity index is 740. The number of pyridine rings is 1. The van der Waals surface area contributed by atoms with Crippen molar-refractivity contribution in [1.82, 2.24) is 14.8 Å². The van der Waals surface area contributed by atoms with Crippen molar-refractivity contribution in [1.29, 1.82) is 0 Å². The van der Waals surface area contributed by atoms with Crippen LogP contribution in [0.3, 0.4) is 0 Å². The van der Waals surface area contributed by atoms with E-state index in [4.69, 9.17) is 5.73 Å². The van der Waals surface area contributed by atoms with Gasteiger partial charge in [-0.25, -0.2) is 4.98 Å². The third kappa shape index (κ3) is 3.11. The van der Waals surface area contributed by atoms with Crippen LogP contribution in [-0.2, 0) is 9.59 Å². The molecule has 4 rings (SSSR count). The Morgan fingerprint density at radius 2 is 1.88 bits per heavy atom. The van der Waals surface area contributed by atoms with Crippen LogP contribution in [0, 0.1) is 5.92 Å². The normalized spacial score (nSPS) is 23.5. The Morgan fingerprint density at radius 3 is 2.54 bits per heavy atom. The largest absolute Gasteiger partial charge is 0.365 e. The number of aromatic nitrogens is 1. The maximum absolute atomic E-state index is 12.8. The van der Waals surface area contributed by atoms with Crippen LogP contribution in [0.15, 0.2) is 18.3 Å². The number of hydrogen-bond acceptors (Lipinski definition) is 5. The first-order valence-electron chi connectivity index (χ1n) is 9.12. The number of carbonyl (C=O) groups is 3. The second-order valence-corrected chi connectivity index (χ2v) is 7.23. The van der Waals surface area contributed by atoms with E-state index in [1.807, 2.05) is 14.7 Å². The second kappa shape index (κ2) is 6.59. The van der Waals surface area contributed by atoms with Crippen LogP contribution in [0.5, 0.6) is 0 Å². The molecule has 2 aliphatic heterocycles. The summed E-state index contributed by atoms with van der Waals surface area (Å²) >= 11 is 0. The molecular formula is C18H23N5O3. The predicted molar refractivity (Wildman–Crippen MR) is 94.4 cm³/mol. The summed E-state index contributed by atoms with van der Waals surface area (Å²) in [4.78, 5) is 46.5. The fourth-order valence-electron chi connectivity index (χ4n) is 3.87. The molecule has 3 heterocycles. The minimum Gasteiger partial charge on any atom is -0.365 e. The van der Waals surface area contributed by atoms with Gasteiger partial charge in [-0.2, -0.15) is 0 Å². The van der Waals surface area contributed by atoms with Gasteiger partial charge in [-0.1, -0.05) is 0 Å². The molecule has 0 bridgehead atoms. The quantitative estimate of drug-likeness (QED) is 0.807. The van der Waals surface area contributed by atoms with Gasteiger partial charge < -0.3 is 20.4 Å². The molecule has 3 aliphatic rings. The van der Waals surface area contributed by atoms with Gasteiger partial charge in [0.2, 0.25) is 11.8 Å². The highest BCUT2D eigenvalue weighted by atomic mass is 16.2. The van der Waals surface area contributed by atoms with E-state index in [1.54, 1.807) is 18.3 Å². The Balaban J connectivity index is 1.37. The van der Waals surface area contributed by atoms with Crippen molar-refractivity contribution in [2.24, 2.45) is 11.7 Å². The smallest absolute Gasteiger partial charge is 0.252 e. The molecule has 2 N–H and O–H groups in total. The van der Waals surface area contributed by atoms with Crippen LogP contribution in [0.1, 0.15) is 29.6 Å². The van der Waals surface area contributed by atoms with Gasteiger partial charge in [-0.3, -0.25) is 14.4 Å². The molecule has 0 unspecified atom stereocenters. The van der Waals surface area contributed by atoms with Gasteiger partial charge in [-0.05, 0) is 25.0 Å². The summed E-state index contributed by atoms with van der Waals surface area (Å²) in [5.41, 5.74) is 5.83. The second-order valence-electron chi connectivity index (χ2n) is 7.23. The summed E-state index contributed by atoms with van der Waals surface area (Å²) in [6, 6.07) is 3.72. The molecular weight excluding hydrogens is 334 g/mol. The van der Waals surface area contributed by atoms with Crippen LogP contribution in [0.25, 0.3) is 0 Å². The van der Waals surface area contributed by atoms with Gasteiger partial charge >= 0.3 is 0 Å². The van der Waals surface area contributed by atoms with Crippen LogP contribution in [0.2, 0.25) is 0 Å². The summed E-state index contributed by atoms with van der Waals surface area (Å²) in [5.74, 6) is 0.0336. The zero-order valence-electron chi connectivity index (χ0n) is 14.6. The van der Waals surface area contributed by atoms with E-state index in [9.17, 15) is 14.4 Å². The molecule has 8 heteroatoms. The van der Waals surface area contributed by atoms with E-state index in [0.717, 1.165) is 12.8 Å². The van der Waals surface area contributed by atoms with Crippen molar-refractivity contribution in [3.8, 4) is 0 Å². The summed E-state index contributed by atoms with van der Waals surface area (Å²) < 4.78 is 0. The predicted octanol–water partition coefficient (Wildman–Crippen LogP) is -0.160. The number of nitrogens with zero attached hydrogens (tertiary/aromatic N) is 4. The van der Waals surface area contributed by atoms with Crippen molar-refractivity contribution in [3.05, 3.63) is 23.9 Å². The van der Waals surface area contributed by atoms with Crippen molar-refractivity contribution < 1.29 is 14.4 Å². The van der Waals surface area contributed by atoms with Crippen molar-refractivity contribution in [3.63, 3.8) is 0 Å². The fourth-order valence-corrected chi connectivity index (χ4v) is 3.87. The third-order valence-electron chi connectivity index (χ3n) is 5.44. The molecule has 3 fully saturated rings. The van der Waals surface area contributed by atoms with E-state index in [2.05, 4.69) is 4.98 Å². The molecule has 0 spiro atoms. The minimum absolute atomic E-state index is 0.0669. The minimum atomic E-state index is -0.503. The van der Waals surface area contributed by atoms with E-state index in [-0.39, 0.29) is 17.7 Å². The molecule has 1 aliphatic carbocycles. The van der Waals surface area contributed by atoms with Gasteiger partial charge in [0, 0.05) is 51.4 Å². The van der Waals surface area contributed by atoms with Crippen molar-refractivity contribution in [2.45, 2.75) is 25.3 Å². The lowest BCUT2D eigenvalue weighted by Gasteiger charge is -2.37. The lowest BCUT2D eigenvalue weighted by Crippen LogP contribution is -2.51. The Labute approximate surface area is 151 Å². The van der Waals surface area contributed by atoms with E-state index in [1.165, 1.54) is 0 Å². The number of carbonyl (C=O) groups excluding carboxylic acids is 3. The number of piperazine rings is 1. The molecule has 138 valence electrons. The molecule has 26 heavy (non-hydrogen) atoms. The van der Waals surface area contributed by atoms with Crippen LogP contribution in [-0.4, -0.2) is 71.3 Å². The Hall–Kier alpha value is -2.64. The first kappa shape index (κ1) is 16.8. The standard InChI is InChI=1S/C18H23N5O3/c19-16(25)14-2-1-5-20-17(14)21-6-8-22(9-7-21)18(26)12-10-15(24)23(11-12)13-3-4-13/h1-2,5,12-13H,3-4,6-11H2,(H2,19,25)/t12-/m0/s1. The summed E-state index contributed by atoms with van der Waals surface area (Å²) in [5, 5.41) is 0. The molecule has 8 nitrogen and oxygen atoms in total. The van der Waals surface area contributed by atoms with Gasteiger partial charge in [-0.15, -0.1) is 0 Å². The SMILES string of the molecule is NC(=O)c1cccnc1N1CCN(C(=O)[C@H]2CC(=O)N(C3CC3)C2)CC1. The van der Waals surface area contributed by atoms with Crippen molar-refractivity contribution >= 4 is 23.5 Å². The summed E-state index contributed by atoms with van der Waals surface area (Å²) in [6.07, 6.45) is 4.10. The first-order chi connectivity index (χ1) is 12.5. The van der Waals surface area contributed by atoms with Crippen molar-refractivity contribution in [2.75, 3.05) is 37.6 Å². The van der Waals surface area contributed by atoms with Gasteiger partial charge in [0.1, 0.15) is 5.82 Å². The van der Waals surface area contributed by atoms with Gasteiger partial charge in [0.25, 0.3) is 5.91 Å². The number of primary amides is 1. The first-order valence-corrected chi connectivity index (χ1v) is 9.12. The number of nitrogens with two attached hydrogens (primary N) is 1. The number of hydrogen-bond donors (Lipinski definition) is 1. The van der Waals surface area contributed by atoms with E-state index >= 15 is 0 Å². The third-order valence-corrected chi connectivity index (χ3v) is 5.44.